The first-order valence-corrected chi connectivity index (χ1v) is 11.7. The zero-order valence-electron chi connectivity index (χ0n) is 18.6. The zero-order valence-corrected chi connectivity index (χ0v) is 18.6. The summed E-state index contributed by atoms with van der Waals surface area (Å²) in [5, 5.41) is 13.7. The molecular formula is C23H25N7O4. The van der Waals surface area contributed by atoms with Gasteiger partial charge in [-0.1, -0.05) is 11.3 Å². The molecule has 4 amide bonds. The van der Waals surface area contributed by atoms with Crippen LogP contribution >= 0.6 is 0 Å². The summed E-state index contributed by atoms with van der Waals surface area (Å²) in [6.45, 7) is 3.28. The van der Waals surface area contributed by atoms with Gasteiger partial charge in [0.05, 0.1) is 17.4 Å². The summed E-state index contributed by atoms with van der Waals surface area (Å²) in [5.74, 6) is -1.25. The Bertz CT molecular complexity index is 1220. The fraction of sp³-hybridized carbons (Fsp3) is 0.478. The first-order chi connectivity index (χ1) is 16.4. The van der Waals surface area contributed by atoms with Crippen LogP contribution in [0.25, 0.3) is 5.69 Å². The number of carbonyl (C=O) groups excluding carboxylic acids is 4. The van der Waals surface area contributed by atoms with Crippen LogP contribution in [0.15, 0.2) is 24.4 Å². The number of fused-ring (bicyclic) bond motifs is 3. The van der Waals surface area contributed by atoms with Crippen molar-refractivity contribution in [1.82, 2.24) is 35.4 Å². The normalized spacial score (nSPS) is 28.1. The van der Waals surface area contributed by atoms with Gasteiger partial charge in [-0.05, 0) is 49.9 Å². The molecule has 11 nitrogen and oxygen atoms in total. The minimum Gasteiger partial charge on any atom is -0.344 e. The average Bonchev–Trinajstić information content (AvgIpc) is 3.50. The second kappa shape index (κ2) is 7.73. The van der Waals surface area contributed by atoms with Gasteiger partial charge in [0.25, 0.3) is 11.8 Å². The number of aromatic nitrogens is 3. The summed E-state index contributed by atoms with van der Waals surface area (Å²) < 4.78 is 1.48. The predicted molar refractivity (Wildman–Crippen MR) is 118 cm³/mol. The van der Waals surface area contributed by atoms with Crippen LogP contribution in [0.1, 0.15) is 58.5 Å². The molecule has 2 aromatic rings. The van der Waals surface area contributed by atoms with E-state index in [1.54, 1.807) is 12.3 Å². The second-order valence-electron chi connectivity index (χ2n) is 9.65. The molecule has 0 aliphatic carbocycles. The Morgan fingerprint density at radius 3 is 2.91 bits per heavy atom. The van der Waals surface area contributed by atoms with Crippen LogP contribution in [-0.2, 0) is 16.1 Å². The monoisotopic (exact) mass is 463 g/mol. The molecule has 1 aromatic heterocycles. The first kappa shape index (κ1) is 21.0. The summed E-state index contributed by atoms with van der Waals surface area (Å²) in [6.07, 6.45) is 5.10. The minimum atomic E-state index is -0.659. The Kier molecular flexibility index (Phi) is 4.76. The average molecular weight is 463 g/mol. The van der Waals surface area contributed by atoms with Gasteiger partial charge in [0.1, 0.15) is 6.04 Å². The van der Waals surface area contributed by atoms with Crippen molar-refractivity contribution in [2.45, 2.75) is 50.2 Å². The molecule has 1 aromatic carbocycles. The van der Waals surface area contributed by atoms with Crippen LogP contribution in [0.4, 0.5) is 0 Å². The quantitative estimate of drug-likeness (QED) is 0.611. The van der Waals surface area contributed by atoms with E-state index < -0.39 is 11.9 Å². The van der Waals surface area contributed by atoms with E-state index >= 15 is 0 Å². The molecular weight excluding hydrogens is 438 g/mol. The molecule has 0 saturated carbocycles. The zero-order chi connectivity index (χ0) is 23.4. The fourth-order valence-corrected chi connectivity index (χ4v) is 5.64. The molecule has 0 radical (unpaired) electrons. The van der Waals surface area contributed by atoms with Gasteiger partial charge in [0.15, 0.2) is 5.69 Å². The lowest BCUT2D eigenvalue weighted by Gasteiger charge is -2.34. The van der Waals surface area contributed by atoms with Crippen LogP contribution in [0, 0.1) is 0 Å². The SMILES string of the molecule is O=C1CCC(N2Cc3ccc(-n4cc(C(=O)NC56CCCN(CC5)C6)nn4)cc3C2=O)C(=O)N1. The number of carbonyl (C=O) groups is 4. The molecule has 2 N–H and O–H groups in total. The lowest BCUT2D eigenvalue weighted by Crippen LogP contribution is -2.52. The Balaban J connectivity index is 1.19. The number of benzene rings is 1. The van der Waals surface area contributed by atoms with E-state index in [-0.39, 0.29) is 35.4 Å². The van der Waals surface area contributed by atoms with Crippen molar-refractivity contribution in [1.29, 1.82) is 0 Å². The van der Waals surface area contributed by atoms with Crippen LogP contribution in [0.3, 0.4) is 0 Å². The molecule has 176 valence electrons. The third kappa shape index (κ3) is 3.47. The molecule has 3 saturated heterocycles. The van der Waals surface area contributed by atoms with E-state index in [1.165, 1.54) is 9.58 Å². The van der Waals surface area contributed by atoms with E-state index in [9.17, 15) is 19.2 Å². The van der Waals surface area contributed by atoms with Gasteiger partial charge in [0.2, 0.25) is 11.8 Å². The maximum atomic E-state index is 13.1. The molecule has 0 spiro atoms. The summed E-state index contributed by atoms with van der Waals surface area (Å²) in [5.41, 5.74) is 1.94. The third-order valence-electron chi connectivity index (χ3n) is 7.44. The number of hydrogen-bond donors (Lipinski definition) is 2. The lowest BCUT2D eigenvalue weighted by atomic mass is 9.90. The fourth-order valence-electron chi connectivity index (χ4n) is 5.64. The maximum Gasteiger partial charge on any atom is 0.273 e. The number of rotatable bonds is 4. The van der Waals surface area contributed by atoms with E-state index in [1.807, 2.05) is 12.1 Å². The number of hydrogen-bond acceptors (Lipinski definition) is 7. The molecule has 3 unspecified atom stereocenters. The lowest BCUT2D eigenvalue weighted by molar-refractivity contribution is -0.136. The molecule has 34 heavy (non-hydrogen) atoms. The van der Waals surface area contributed by atoms with Gasteiger partial charge in [-0.2, -0.15) is 0 Å². The number of nitrogens with zero attached hydrogens (tertiary/aromatic N) is 5. The number of piperidine rings is 2. The van der Waals surface area contributed by atoms with Gasteiger partial charge in [-0.25, -0.2) is 4.68 Å². The van der Waals surface area contributed by atoms with Crippen molar-refractivity contribution in [2.75, 3.05) is 19.6 Å². The van der Waals surface area contributed by atoms with E-state index in [2.05, 4.69) is 25.8 Å². The first-order valence-electron chi connectivity index (χ1n) is 11.7. The van der Waals surface area contributed by atoms with Gasteiger partial charge < -0.3 is 15.1 Å². The molecule has 4 aliphatic rings. The molecule has 4 aliphatic heterocycles. The smallest absolute Gasteiger partial charge is 0.273 e. The van der Waals surface area contributed by atoms with Gasteiger partial charge in [0, 0.05) is 31.6 Å². The molecule has 6 rings (SSSR count). The van der Waals surface area contributed by atoms with Crippen molar-refractivity contribution < 1.29 is 19.2 Å². The number of imide groups is 1. The number of nitrogens with one attached hydrogen (secondary N) is 2. The molecule has 3 fully saturated rings. The minimum absolute atomic E-state index is 0.182. The molecule has 2 bridgehead atoms. The van der Waals surface area contributed by atoms with E-state index in [0.717, 1.165) is 44.5 Å². The second-order valence-corrected chi connectivity index (χ2v) is 9.65. The predicted octanol–water partition coefficient (Wildman–Crippen LogP) is -0.00360. The largest absolute Gasteiger partial charge is 0.344 e. The van der Waals surface area contributed by atoms with Gasteiger partial charge >= 0.3 is 0 Å². The van der Waals surface area contributed by atoms with Crippen molar-refractivity contribution in [3.8, 4) is 5.69 Å². The van der Waals surface area contributed by atoms with Gasteiger partial charge in [-0.3, -0.25) is 24.5 Å². The Morgan fingerprint density at radius 1 is 1.18 bits per heavy atom. The highest BCUT2D eigenvalue weighted by Crippen LogP contribution is 2.32. The Hall–Kier alpha value is -3.60. The topological polar surface area (TPSA) is 130 Å². The Labute approximate surface area is 195 Å². The maximum absolute atomic E-state index is 13.1. The van der Waals surface area contributed by atoms with Gasteiger partial charge in [-0.15, -0.1) is 5.10 Å². The third-order valence-corrected chi connectivity index (χ3v) is 7.44. The van der Waals surface area contributed by atoms with Crippen LogP contribution < -0.4 is 10.6 Å². The van der Waals surface area contributed by atoms with Crippen molar-refractivity contribution in [3.63, 3.8) is 0 Å². The highest BCUT2D eigenvalue weighted by atomic mass is 16.2. The number of amides is 4. The summed E-state index contributed by atoms with van der Waals surface area (Å²) in [6, 6.07) is 4.68. The summed E-state index contributed by atoms with van der Waals surface area (Å²) >= 11 is 0. The van der Waals surface area contributed by atoms with Crippen molar-refractivity contribution in [3.05, 3.63) is 41.2 Å². The standard InChI is InChI=1S/C23H25N7O4/c31-19-5-4-18(21(33)24-19)29-11-14-2-3-15(10-16(14)22(29)34)30-12-17(26-27-30)20(32)25-23-6-1-8-28(13-23)9-7-23/h2-3,10,12,18H,1,4-9,11,13H2,(H,25,32)(H,24,31,33). The molecule has 5 heterocycles. The Morgan fingerprint density at radius 2 is 2.06 bits per heavy atom. The summed E-state index contributed by atoms with van der Waals surface area (Å²) in [4.78, 5) is 53.5. The van der Waals surface area contributed by atoms with E-state index in [4.69, 9.17) is 0 Å². The van der Waals surface area contributed by atoms with E-state index in [0.29, 0.717) is 24.2 Å². The van der Waals surface area contributed by atoms with Crippen LogP contribution in [-0.4, -0.2) is 79.6 Å². The summed E-state index contributed by atoms with van der Waals surface area (Å²) in [7, 11) is 0. The van der Waals surface area contributed by atoms with Crippen LogP contribution in [0.5, 0.6) is 0 Å². The molecule has 11 heteroatoms. The highest BCUT2D eigenvalue weighted by molar-refractivity contribution is 6.05. The van der Waals surface area contributed by atoms with Crippen LogP contribution in [0.2, 0.25) is 0 Å². The van der Waals surface area contributed by atoms with Crippen molar-refractivity contribution >= 4 is 23.6 Å². The highest BCUT2D eigenvalue weighted by Gasteiger charge is 2.42. The molecule has 3 atom stereocenters. The van der Waals surface area contributed by atoms with Crippen molar-refractivity contribution in [2.24, 2.45) is 0 Å².